The van der Waals surface area contributed by atoms with Crippen LogP contribution in [0.5, 0.6) is 0 Å². The highest BCUT2D eigenvalue weighted by molar-refractivity contribution is 5.82. The van der Waals surface area contributed by atoms with Crippen LogP contribution in [0, 0.1) is 5.92 Å². The Morgan fingerprint density at radius 2 is 2.04 bits per heavy atom. The number of likely N-dealkylation sites (tertiary alicyclic amines) is 1. The Hall–Kier alpha value is -2.73. The van der Waals surface area contributed by atoms with E-state index in [0.717, 1.165) is 23.0 Å². The number of hydrogen-bond donors (Lipinski definition) is 1. The Morgan fingerprint density at radius 3 is 2.85 bits per heavy atom. The second-order valence-electron chi connectivity index (χ2n) is 7.26. The first-order valence-corrected chi connectivity index (χ1v) is 9.37. The molecule has 2 aromatic heterocycles. The molecular weight excluding hydrogens is 340 g/mol. The number of aryl methyl sites for hydroxylation is 2. The number of fused-ring (bicyclic) bond motifs is 1. The van der Waals surface area contributed by atoms with E-state index >= 15 is 0 Å². The average molecular weight is 364 g/mol. The van der Waals surface area contributed by atoms with Crippen LogP contribution in [-0.4, -0.2) is 49.9 Å². The summed E-state index contributed by atoms with van der Waals surface area (Å²) in [7, 11) is 1.88. The highest BCUT2D eigenvalue weighted by Crippen LogP contribution is 2.26. The van der Waals surface area contributed by atoms with E-state index in [2.05, 4.69) is 16.1 Å². The average Bonchev–Trinajstić information content (AvgIpc) is 3.26. The molecule has 1 aromatic carbocycles. The van der Waals surface area contributed by atoms with Crippen molar-refractivity contribution < 1.29 is 9.90 Å². The number of aromatic nitrogens is 3. The maximum absolute atomic E-state index is 12.6. The highest BCUT2D eigenvalue weighted by Gasteiger charge is 2.34. The molecule has 1 aliphatic heterocycles. The van der Waals surface area contributed by atoms with Gasteiger partial charge in [-0.3, -0.25) is 14.5 Å². The van der Waals surface area contributed by atoms with Gasteiger partial charge in [0.15, 0.2) is 0 Å². The second kappa shape index (κ2) is 7.48. The number of para-hydroxylation sites is 1. The fourth-order valence-electron chi connectivity index (χ4n) is 3.91. The summed E-state index contributed by atoms with van der Waals surface area (Å²) in [4.78, 5) is 18.8. The smallest absolute Gasteiger partial charge is 0.223 e. The van der Waals surface area contributed by atoms with Crippen molar-refractivity contribution in [3.05, 3.63) is 60.0 Å². The third kappa shape index (κ3) is 3.71. The monoisotopic (exact) mass is 364 g/mol. The van der Waals surface area contributed by atoms with E-state index in [1.807, 2.05) is 43.6 Å². The third-order valence-corrected chi connectivity index (χ3v) is 5.50. The van der Waals surface area contributed by atoms with Gasteiger partial charge in [-0.05, 0) is 36.6 Å². The molecule has 2 atom stereocenters. The number of carbonyl (C=O) groups is 1. The van der Waals surface area contributed by atoms with Gasteiger partial charge in [-0.1, -0.05) is 18.2 Å². The van der Waals surface area contributed by atoms with Gasteiger partial charge in [-0.15, -0.1) is 0 Å². The minimum atomic E-state index is -0.488. The van der Waals surface area contributed by atoms with Crippen LogP contribution in [0.3, 0.4) is 0 Å². The molecule has 140 valence electrons. The highest BCUT2D eigenvalue weighted by atomic mass is 16.3. The fraction of sp³-hybridized carbons (Fsp3) is 0.381. The summed E-state index contributed by atoms with van der Waals surface area (Å²) in [6, 6.07) is 12.0. The van der Waals surface area contributed by atoms with Crippen LogP contribution in [0.2, 0.25) is 0 Å². The van der Waals surface area contributed by atoms with E-state index in [0.29, 0.717) is 25.9 Å². The van der Waals surface area contributed by atoms with E-state index in [1.54, 1.807) is 15.8 Å². The zero-order chi connectivity index (χ0) is 18.8. The van der Waals surface area contributed by atoms with E-state index in [-0.39, 0.29) is 11.8 Å². The van der Waals surface area contributed by atoms with Gasteiger partial charge >= 0.3 is 0 Å². The van der Waals surface area contributed by atoms with Crippen LogP contribution < -0.4 is 0 Å². The summed E-state index contributed by atoms with van der Waals surface area (Å²) in [5.41, 5.74) is 3.18. The number of aliphatic hydroxyl groups is 1. The molecule has 0 spiro atoms. The Bertz CT molecular complexity index is 947. The van der Waals surface area contributed by atoms with Crippen molar-refractivity contribution >= 4 is 16.8 Å². The summed E-state index contributed by atoms with van der Waals surface area (Å²) in [5.74, 6) is 0.147. The van der Waals surface area contributed by atoms with Crippen molar-refractivity contribution in [2.24, 2.45) is 13.0 Å². The van der Waals surface area contributed by atoms with Crippen molar-refractivity contribution in [2.45, 2.75) is 25.4 Å². The van der Waals surface area contributed by atoms with Gasteiger partial charge < -0.3 is 10.0 Å². The quantitative estimate of drug-likeness (QED) is 0.751. The molecule has 6 heteroatoms. The predicted molar refractivity (Wildman–Crippen MR) is 103 cm³/mol. The molecule has 1 amide bonds. The number of aliphatic hydroxyl groups excluding tert-OH is 1. The molecule has 4 rings (SSSR count). The lowest BCUT2D eigenvalue weighted by atomic mass is 9.94. The van der Waals surface area contributed by atoms with Crippen molar-refractivity contribution in [2.75, 3.05) is 13.1 Å². The van der Waals surface area contributed by atoms with Crippen LogP contribution in [0.25, 0.3) is 10.9 Å². The molecule has 1 N–H and O–H groups in total. The van der Waals surface area contributed by atoms with E-state index < -0.39 is 6.10 Å². The summed E-state index contributed by atoms with van der Waals surface area (Å²) < 4.78 is 1.80. The maximum atomic E-state index is 12.6. The Morgan fingerprint density at radius 1 is 1.19 bits per heavy atom. The minimum absolute atomic E-state index is 0.0523. The Labute approximate surface area is 158 Å². The minimum Gasteiger partial charge on any atom is -0.391 e. The molecule has 1 aliphatic rings. The van der Waals surface area contributed by atoms with Gasteiger partial charge in [0.25, 0.3) is 0 Å². The maximum Gasteiger partial charge on any atom is 0.223 e. The zero-order valence-electron chi connectivity index (χ0n) is 15.5. The lowest BCUT2D eigenvalue weighted by Gasteiger charge is -2.16. The van der Waals surface area contributed by atoms with Gasteiger partial charge in [0, 0.05) is 55.9 Å². The number of benzene rings is 1. The Balaban J connectivity index is 1.40. The largest absolute Gasteiger partial charge is 0.391 e. The van der Waals surface area contributed by atoms with Crippen LogP contribution >= 0.6 is 0 Å². The van der Waals surface area contributed by atoms with Gasteiger partial charge in [0.05, 0.1) is 11.6 Å². The molecule has 0 radical (unpaired) electrons. The fourth-order valence-corrected chi connectivity index (χ4v) is 3.91. The third-order valence-electron chi connectivity index (χ3n) is 5.50. The molecule has 3 heterocycles. The van der Waals surface area contributed by atoms with Gasteiger partial charge in [-0.25, -0.2) is 0 Å². The lowest BCUT2D eigenvalue weighted by molar-refractivity contribution is -0.130. The van der Waals surface area contributed by atoms with Crippen molar-refractivity contribution in [3.63, 3.8) is 0 Å². The molecule has 0 saturated carbocycles. The van der Waals surface area contributed by atoms with Crippen molar-refractivity contribution in [3.8, 4) is 0 Å². The molecule has 0 bridgehead atoms. The molecule has 27 heavy (non-hydrogen) atoms. The summed E-state index contributed by atoms with van der Waals surface area (Å²) in [6.45, 7) is 1.01. The number of hydrogen-bond acceptors (Lipinski definition) is 4. The molecule has 1 fully saturated rings. The molecule has 0 unspecified atom stereocenters. The summed E-state index contributed by atoms with van der Waals surface area (Å²) in [6.07, 6.45) is 4.93. The van der Waals surface area contributed by atoms with Crippen molar-refractivity contribution in [1.82, 2.24) is 19.7 Å². The zero-order valence-corrected chi connectivity index (χ0v) is 15.5. The van der Waals surface area contributed by atoms with E-state index in [4.69, 9.17) is 0 Å². The second-order valence-corrected chi connectivity index (χ2v) is 7.26. The number of pyridine rings is 1. The molecule has 1 saturated heterocycles. The number of β-amino-alcohol motifs (C(OH)–C–C–N with tert-alkyl or cyclic N) is 1. The van der Waals surface area contributed by atoms with Crippen LogP contribution in [0.1, 0.15) is 17.7 Å². The van der Waals surface area contributed by atoms with Gasteiger partial charge in [-0.2, -0.15) is 5.10 Å². The first-order valence-electron chi connectivity index (χ1n) is 9.37. The normalized spacial score (nSPS) is 19.7. The summed E-state index contributed by atoms with van der Waals surface area (Å²) >= 11 is 0. The molecule has 3 aromatic rings. The van der Waals surface area contributed by atoms with Crippen molar-refractivity contribution in [1.29, 1.82) is 0 Å². The number of amides is 1. The Kier molecular flexibility index (Phi) is 4.90. The predicted octanol–water partition coefficient (Wildman–Crippen LogP) is 1.96. The van der Waals surface area contributed by atoms with E-state index in [1.165, 1.54) is 5.56 Å². The SMILES string of the molecule is Cn1nccc1CCC(=O)N1C[C@@H](Cc2ccnc3ccccc23)[C@H](O)C1. The number of carbonyl (C=O) groups excluding carboxylic acids is 1. The molecule has 6 nitrogen and oxygen atoms in total. The first kappa shape index (κ1) is 17.7. The first-order chi connectivity index (χ1) is 13.1. The van der Waals surface area contributed by atoms with Gasteiger partial charge in [0.1, 0.15) is 0 Å². The lowest BCUT2D eigenvalue weighted by Crippen LogP contribution is -2.30. The topological polar surface area (TPSA) is 71.2 Å². The van der Waals surface area contributed by atoms with Crippen LogP contribution in [0.4, 0.5) is 0 Å². The van der Waals surface area contributed by atoms with Crippen LogP contribution in [0.15, 0.2) is 48.8 Å². The standard InChI is InChI=1S/C21H24N4O2/c1-24-17(9-11-23-24)6-7-21(27)25-13-16(20(26)14-25)12-15-8-10-22-19-5-3-2-4-18(15)19/h2-5,8-11,16,20,26H,6-7,12-14H2,1H3/t16-,20-/m1/s1. The van der Waals surface area contributed by atoms with Gasteiger partial charge in [0.2, 0.25) is 5.91 Å². The molecular formula is C21H24N4O2. The van der Waals surface area contributed by atoms with Crippen LogP contribution in [-0.2, 0) is 24.7 Å². The molecule has 0 aliphatic carbocycles. The number of nitrogens with zero attached hydrogens (tertiary/aromatic N) is 4. The summed E-state index contributed by atoms with van der Waals surface area (Å²) in [5, 5.41) is 15.8. The van der Waals surface area contributed by atoms with E-state index in [9.17, 15) is 9.90 Å². The number of rotatable bonds is 5.